The Morgan fingerprint density at radius 1 is 0.829 bits per heavy atom. The van der Waals surface area contributed by atoms with Crippen LogP contribution in [-0.4, -0.2) is 39.3 Å². The summed E-state index contributed by atoms with van der Waals surface area (Å²) in [5, 5.41) is 4.92. The molecule has 2 N–H and O–H groups in total. The summed E-state index contributed by atoms with van der Waals surface area (Å²) in [6.07, 6.45) is 0. The predicted octanol–water partition coefficient (Wildman–Crippen LogP) is 6.28. The van der Waals surface area contributed by atoms with E-state index >= 15 is 0 Å². The highest BCUT2D eigenvalue weighted by Crippen LogP contribution is 2.36. The van der Waals surface area contributed by atoms with Gasteiger partial charge in [-0.3, -0.25) is 9.52 Å². The molecule has 208 valence electrons. The number of rotatable bonds is 9. The highest BCUT2D eigenvalue weighted by molar-refractivity contribution is 7.99. The predicted molar refractivity (Wildman–Crippen MR) is 157 cm³/mol. The van der Waals surface area contributed by atoms with E-state index in [1.54, 1.807) is 30.3 Å². The van der Waals surface area contributed by atoms with Crippen molar-refractivity contribution in [3.63, 3.8) is 0 Å². The highest BCUT2D eigenvalue weighted by Gasteiger charge is 2.19. The van der Waals surface area contributed by atoms with Gasteiger partial charge in [-0.25, -0.2) is 13.4 Å². The Kier molecular flexibility index (Phi) is 6.93. The van der Waals surface area contributed by atoms with Gasteiger partial charge in [0, 0.05) is 16.8 Å². The van der Waals surface area contributed by atoms with Gasteiger partial charge in [0.2, 0.25) is 5.91 Å². The molecule has 0 aliphatic heterocycles. The number of amides is 1. The van der Waals surface area contributed by atoms with Crippen LogP contribution in [0.3, 0.4) is 0 Å². The quantitative estimate of drug-likeness (QED) is 0.187. The van der Waals surface area contributed by atoms with Crippen LogP contribution < -0.4 is 19.5 Å². The number of methoxy groups -OCH3 is 2. The fraction of sp³-hybridized carbons (Fsp3) is 0.103. The first-order valence-electron chi connectivity index (χ1n) is 12.3. The van der Waals surface area contributed by atoms with Gasteiger partial charge in [-0.15, -0.1) is 0 Å². The van der Waals surface area contributed by atoms with E-state index in [-0.39, 0.29) is 21.8 Å². The Labute approximate surface area is 238 Å². The standard InChI is InChI=1S/C29H23N3O7S2/c1-36-24-10-6-4-8-20(24)32-41(34,35)17-11-12-25-21(13-17)31-29(39-25)40-16-28(33)30-22-15-26-19(14-27(22)37-2)18-7-3-5-9-23(18)38-26/h3-15,32H,16H2,1-2H3,(H,30,33). The molecule has 4 aromatic carbocycles. The van der Waals surface area contributed by atoms with E-state index in [0.29, 0.717) is 39.6 Å². The molecule has 1 amide bonds. The SMILES string of the molecule is COc1cc2c(cc1NC(=O)CSc1nc3cc(S(=O)(=O)Nc4ccccc4OC)ccc3o1)oc1ccccc12. The fourth-order valence-electron chi connectivity index (χ4n) is 4.38. The monoisotopic (exact) mass is 589 g/mol. The van der Waals surface area contributed by atoms with E-state index in [4.69, 9.17) is 18.3 Å². The topological polar surface area (TPSA) is 133 Å². The smallest absolute Gasteiger partial charge is 0.262 e. The largest absolute Gasteiger partial charge is 0.495 e. The number of hydrogen-bond donors (Lipinski definition) is 2. The van der Waals surface area contributed by atoms with E-state index in [0.717, 1.165) is 28.1 Å². The number of thioether (sulfide) groups is 1. The van der Waals surface area contributed by atoms with Crippen LogP contribution in [0.4, 0.5) is 11.4 Å². The second-order valence-corrected chi connectivity index (χ2v) is 11.5. The lowest BCUT2D eigenvalue weighted by Gasteiger charge is -2.11. The summed E-state index contributed by atoms with van der Waals surface area (Å²) in [5.41, 5.74) is 2.88. The molecule has 6 aromatic rings. The van der Waals surface area contributed by atoms with Gasteiger partial charge in [-0.05, 0) is 42.5 Å². The van der Waals surface area contributed by atoms with Gasteiger partial charge >= 0.3 is 0 Å². The molecule has 41 heavy (non-hydrogen) atoms. The number of sulfonamides is 1. The minimum atomic E-state index is -3.92. The third-order valence-electron chi connectivity index (χ3n) is 6.30. The van der Waals surface area contributed by atoms with Crippen molar-refractivity contribution in [3.8, 4) is 11.5 Å². The van der Waals surface area contributed by atoms with Crippen LogP contribution in [0.15, 0.2) is 97.8 Å². The van der Waals surface area contributed by atoms with Crippen molar-refractivity contribution in [2.24, 2.45) is 0 Å². The van der Waals surface area contributed by atoms with Gasteiger partial charge < -0.3 is 23.6 Å². The molecule has 0 aliphatic carbocycles. The minimum Gasteiger partial charge on any atom is -0.495 e. The molecule has 0 aliphatic rings. The number of ether oxygens (including phenoxy) is 2. The van der Waals surface area contributed by atoms with E-state index in [1.165, 1.54) is 32.4 Å². The summed E-state index contributed by atoms with van der Waals surface area (Å²) in [6, 6.07) is 22.3. The number of oxazole rings is 1. The average molecular weight is 590 g/mol. The lowest BCUT2D eigenvalue weighted by molar-refractivity contribution is -0.113. The lowest BCUT2D eigenvalue weighted by atomic mass is 10.1. The summed E-state index contributed by atoms with van der Waals surface area (Å²) in [4.78, 5) is 17.2. The van der Waals surface area contributed by atoms with Gasteiger partial charge in [0.1, 0.15) is 28.2 Å². The molecule has 0 spiro atoms. The van der Waals surface area contributed by atoms with E-state index in [9.17, 15) is 13.2 Å². The van der Waals surface area contributed by atoms with Crippen molar-refractivity contribution in [1.29, 1.82) is 0 Å². The van der Waals surface area contributed by atoms with Crippen molar-refractivity contribution >= 4 is 72.1 Å². The second-order valence-electron chi connectivity index (χ2n) is 8.90. The molecule has 0 saturated heterocycles. The summed E-state index contributed by atoms with van der Waals surface area (Å²) in [7, 11) is -0.925. The van der Waals surface area contributed by atoms with Crippen LogP contribution in [0.1, 0.15) is 0 Å². The molecular formula is C29H23N3O7S2. The highest BCUT2D eigenvalue weighted by atomic mass is 32.2. The molecule has 2 aromatic heterocycles. The van der Waals surface area contributed by atoms with E-state index in [1.807, 2.05) is 30.3 Å². The number of furan rings is 1. The average Bonchev–Trinajstić information content (AvgIpc) is 3.55. The van der Waals surface area contributed by atoms with E-state index < -0.39 is 10.0 Å². The van der Waals surface area contributed by atoms with Crippen molar-refractivity contribution < 1.29 is 31.5 Å². The van der Waals surface area contributed by atoms with Crippen LogP contribution in [0.25, 0.3) is 33.0 Å². The number of anilines is 2. The molecule has 0 radical (unpaired) electrons. The maximum Gasteiger partial charge on any atom is 0.262 e. The van der Waals surface area contributed by atoms with Gasteiger partial charge in [0.25, 0.3) is 15.2 Å². The fourth-order valence-corrected chi connectivity index (χ4v) is 6.11. The molecule has 0 atom stereocenters. The molecular weight excluding hydrogens is 566 g/mol. The molecule has 10 nitrogen and oxygen atoms in total. The summed E-state index contributed by atoms with van der Waals surface area (Å²) in [5.74, 6) is 0.579. The van der Waals surface area contributed by atoms with Gasteiger partial charge in [-0.2, -0.15) is 0 Å². The zero-order chi connectivity index (χ0) is 28.6. The Morgan fingerprint density at radius 2 is 1.61 bits per heavy atom. The van der Waals surface area contributed by atoms with Crippen LogP contribution in [0, 0.1) is 0 Å². The first-order chi connectivity index (χ1) is 19.8. The molecule has 12 heteroatoms. The molecule has 6 rings (SSSR count). The number of hydrogen-bond acceptors (Lipinski definition) is 9. The Balaban J connectivity index is 1.16. The minimum absolute atomic E-state index is 0.00530. The van der Waals surface area contributed by atoms with Crippen molar-refractivity contribution in [2.75, 3.05) is 30.0 Å². The second kappa shape index (κ2) is 10.7. The molecule has 2 heterocycles. The van der Waals surface area contributed by atoms with Crippen molar-refractivity contribution in [2.45, 2.75) is 10.1 Å². The Morgan fingerprint density at radius 3 is 2.44 bits per heavy atom. The van der Waals surface area contributed by atoms with Gasteiger partial charge in [0.05, 0.1) is 36.2 Å². The first kappa shape index (κ1) is 26.5. The molecule has 0 unspecified atom stereocenters. The number of benzene rings is 4. The normalized spacial score (nSPS) is 11.7. The molecule has 0 bridgehead atoms. The number of para-hydroxylation sites is 3. The number of nitrogens with zero attached hydrogens (tertiary/aromatic N) is 1. The number of nitrogens with one attached hydrogen (secondary N) is 2. The van der Waals surface area contributed by atoms with Crippen LogP contribution >= 0.6 is 11.8 Å². The van der Waals surface area contributed by atoms with Crippen LogP contribution in [0.2, 0.25) is 0 Å². The summed E-state index contributed by atoms with van der Waals surface area (Å²) in [6.45, 7) is 0. The number of carbonyl (C=O) groups excluding carboxylic acids is 1. The zero-order valence-corrected chi connectivity index (χ0v) is 23.5. The van der Waals surface area contributed by atoms with Crippen LogP contribution in [-0.2, 0) is 14.8 Å². The van der Waals surface area contributed by atoms with Gasteiger partial charge in [0.15, 0.2) is 5.58 Å². The van der Waals surface area contributed by atoms with Crippen molar-refractivity contribution in [1.82, 2.24) is 4.98 Å². The van der Waals surface area contributed by atoms with Crippen LogP contribution in [0.5, 0.6) is 11.5 Å². The Hall–Kier alpha value is -4.68. The molecule has 0 saturated carbocycles. The first-order valence-corrected chi connectivity index (χ1v) is 14.8. The summed E-state index contributed by atoms with van der Waals surface area (Å²) >= 11 is 1.08. The maximum atomic E-state index is 13.0. The summed E-state index contributed by atoms with van der Waals surface area (Å²) < 4.78 is 50.9. The molecule has 0 fully saturated rings. The number of aromatic nitrogens is 1. The van der Waals surface area contributed by atoms with E-state index in [2.05, 4.69) is 15.0 Å². The third kappa shape index (κ3) is 5.26. The number of carbonyl (C=O) groups is 1. The Bertz CT molecular complexity index is 2030. The van der Waals surface area contributed by atoms with Crippen molar-refractivity contribution in [3.05, 3.63) is 78.9 Å². The number of fused-ring (bicyclic) bond motifs is 4. The zero-order valence-electron chi connectivity index (χ0n) is 21.8. The maximum absolute atomic E-state index is 13.0. The third-order valence-corrected chi connectivity index (χ3v) is 8.49. The lowest BCUT2D eigenvalue weighted by Crippen LogP contribution is -2.14. The van der Waals surface area contributed by atoms with Gasteiger partial charge in [-0.1, -0.05) is 42.1 Å².